The van der Waals surface area contributed by atoms with Crippen molar-refractivity contribution in [3.63, 3.8) is 0 Å². The number of amides is 2. The van der Waals surface area contributed by atoms with Crippen LogP contribution in [0.15, 0.2) is 6.20 Å². The molecule has 1 heterocycles. The molecule has 10 heteroatoms. The van der Waals surface area contributed by atoms with Gasteiger partial charge in [-0.2, -0.15) is 0 Å². The smallest absolute Gasteiger partial charge is 0.315 e. The summed E-state index contributed by atoms with van der Waals surface area (Å²) in [5.74, 6) is -0.205. The number of nitrogens with zero attached hydrogens (tertiary/aromatic N) is 3. The van der Waals surface area contributed by atoms with Crippen molar-refractivity contribution in [3.8, 4) is 0 Å². The van der Waals surface area contributed by atoms with Gasteiger partial charge in [-0.25, -0.2) is 4.79 Å². The van der Waals surface area contributed by atoms with Crippen molar-refractivity contribution >= 4 is 18.4 Å². The molecule has 0 aliphatic heterocycles. The van der Waals surface area contributed by atoms with Crippen molar-refractivity contribution < 1.29 is 19.7 Å². The summed E-state index contributed by atoms with van der Waals surface area (Å²) in [6.07, 6.45) is 4.63. The molecule has 0 aromatic carbocycles. The van der Waals surface area contributed by atoms with E-state index < -0.39 is 18.2 Å². The monoisotopic (exact) mass is 389 g/mol. The fourth-order valence-corrected chi connectivity index (χ4v) is 3.80. The zero-order valence-electron chi connectivity index (χ0n) is 14.9. The first-order chi connectivity index (χ1) is 12.1. The Kier molecular flexibility index (Phi) is 7.63. The molecule has 4 N–H and O–H groups in total. The highest BCUT2D eigenvalue weighted by Crippen LogP contribution is 2.28. The molecule has 2 aliphatic carbocycles. The molecule has 1 aromatic heterocycles. The molecule has 0 unspecified atom stereocenters. The van der Waals surface area contributed by atoms with Crippen LogP contribution in [-0.4, -0.2) is 62.6 Å². The highest BCUT2D eigenvalue weighted by Gasteiger charge is 2.42. The van der Waals surface area contributed by atoms with Crippen LogP contribution in [0.5, 0.6) is 0 Å². The number of carbonyl (C=O) groups is 1. The molecule has 2 aliphatic rings. The van der Waals surface area contributed by atoms with E-state index in [2.05, 4.69) is 20.9 Å². The lowest BCUT2D eigenvalue weighted by Crippen LogP contribution is -2.49. The maximum absolute atomic E-state index is 12.1. The molecule has 3 rings (SSSR count). The summed E-state index contributed by atoms with van der Waals surface area (Å²) < 4.78 is 6.64. The SMILES string of the molecule is COCc1cn(C[C@H]2C[C@@H](NC(=O)NC3CCCC3)[C@H](O)[C@@H]2O)nn1.Cl. The first-order valence-electron chi connectivity index (χ1n) is 8.88. The summed E-state index contributed by atoms with van der Waals surface area (Å²) >= 11 is 0. The Hall–Kier alpha value is -1.42. The number of ether oxygens (including phenoxy) is 1. The van der Waals surface area contributed by atoms with E-state index in [4.69, 9.17) is 4.74 Å². The van der Waals surface area contributed by atoms with E-state index in [1.807, 2.05) is 0 Å². The van der Waals surface area contributed by atoms with Crippen LogP contribution in [0.2, 0.25) is 0 Å². The molecule has 2 fully saturated rings. The standard InChI is InChI=1S/C16H27N5O4.ClH/c1-25-9-12-8-21(20-19-12)7-10-6-13(15(23)14(10)22)18-16(24)17-11-4-2-3-5-11;/h8,10-11,13-15,22-23H,2-7,9H2,1H3,(H2,17,18,24);1H/t10-,13-,14-,15+;/m1./s1. The van der Waals surface area contributed by atoms with Gasteiger partial charge in [0.25, 0.3) is 0 Å². The lowest BCUT2D eigenvalue weighted by molar-refractivity contribution is 0.00857. The van der Waals surface area contributed by atoms with Gasteiger partial charge in [0.2, 0.25) is 0 Å². The molecular weight excluding hydrogens is 362 g/mol. The van der Waals surface area contributed by atoms with Gasteiger partial charge < -0.3 is 25.6 Å². The lowest BCUT2D eigenvalue weighted by atomic mass is 10.1. The average Bonchev–Trinajstić information content (AvgIpc) is 3.29. The van der Waals surface area contributed by atoms with E-state index in [1.54, 1.807) is 18.0 Å². The van der Waals surface area contributed by atoms with Crippen molar-refractivity contribution in [2.45, 2.75) is 69.5 Å². The van der Waals surface area contributed by atoms with Gasteiger partial charge in [-0.3, -0.25) is 4.68 Å². The fraction of sp³-hybridized carbons (Fsp3) is 0.812. The maximum atomic E-state index is 12.1. The topological polar surface area (TPSA) is 122 Å². The fourth-order valence-electron chi connectivity index (χ4n) is 3.80. The van der Waals surface area contributed by atoms with Crippen molar-refractivity contribution in [1.29, 1.82) is 0 Å². The molecule has 148 valence electrons. The first kappa shape index (κ1) is 20.9. The number of hydrogen-bond donors (Lipinski definition) is 4. The Balaban J connectivity index is 0.00000243. The van der Waals surface area contributed by atoms with Crippen LogP contribution in [0.25, 0.3) is 0 Å². The minimum absolute atomic E-state index is 0. The molecule has 2 amide bonds. The Morgan fingerprint density at radius 1 is 1.31 bits per heavy atom. The zero-order chi connectivity index (χ0) is 17.8. The highest BCUT2D eigenvalue weighted by atomic mass is 35.5. The van der Waals surface area contributed by atoms with Gasteiger partial charge >= 0.3 is 6.03 Å². The normalized spacial score (nSPS) is 28.7. The molecule has 0 bridgehead atoms. The molecule has 0 radical (unpaired) electrons. The van der Waals surface area contributed by atoms with Crippen LogP contribution in [0.4, 0.5) is 4.79 Å². The number of urea groups is 1. The zero-order valence-corrected chi connectivity index (χ0v) is 15.7. The highest BCUT2D eigenvalue weighted by molar-refractivity contribution is 5.85. The molecule has 0 saturated heterocycles. The van der Waals surface area contributed by atoms with Crippen molar-refractivity contribution in [2.24, 2.45) is 5.92 Å². The van der Waals surface area contributed by atoms with Crippen molar-refractivity contribution in [3.05, 3.63) is 11.9 Å². The van der Waals surface area contributed by atoms with E-state index in [0.717, 1.165) is 25.7 Å². The van der Waals surface area contributed by atoms with Gasteiger partial charge in [0, 0.05) is 25.6 Å². The summed E-state index contributed by atoms with van der Waals surface area (Å²) in [7, 11) is 1.59. The lowest BCUT2D eigenvalue weighted by Gasteiger charge is -2.20. The maximum Gasteiger partial charge on any atom is 0.315 e. The second-order valence-electron chi connectivity index (χ2n) is 7.05. The summed E-state index contributed by atoms with van der Waals surface area (Å²) in [6, 6.07) is -0.524. The third kappa shape index (κ3) is 5.06. The average molecular weight is 390 g/mol. The number of aliphatic hydroxyl groups excluding tert-OH is 2. The predicted molar refractivity (Wildman–Crippen MR) is 95.8 cm³/mol. The van der Waals surface area contributed by atoms with E-state index in [-0.39, 0.29) is 30.4 Å². The molecule has 1 aromatic rings. The number of aliphatic hydroxyl groups is 2. The molecule has 26 heavy (non-hydrogen) atoms. The van der Waals surface area contributed by atoms with Crippen LogP contribution < -0.4 is 10.6 Å². The number of hydrogen-bond acceptors (Lipinski definition) is 6. The molecule has 4 atom stereocenters. The van der Waals surface area contributed by atoms with E-state index in [0.29, 0.717) is 25.3 Å². The van der Waals surface area contributed by atoms with Crippen molar-refractivity contribution in [1.82, 2.24) is 25.6 Å². The van der Waals surface area contributed by atoms with Gasteiger partial charge in [0.1, 0.15) is 11.8 Å². The predicted octanol–water partition coefficient (Wildman–Crippen LogP) is 0.198. The van der Waals surface area contributed by atoms with Crippen LogP contribution in [0.1, 0.15) is 37.8 Å². The van der Waals surface area contributed by atoms with Crippen LogP contribution in [-0.2, 0) is 17.9 Å². The van der Waals surface area contributed by atoms with Crippen molar-refractivity contribution in [2.75, 3.05) is 7.11 Å². The van der Waals surface area contributed by atoms with Crippen LogP contribution >= 0.6 is 12.4 Å². The summed E-state index contributed by atoms with van der Waals surface area (Å²) in [5.41, 5.74) is 0.709. The van der Waals surface area contributed by atoms with E-state index >= 15 is 0 Å². The summed E-state index contributed by atoms with van der Waals surface area (Å²) in [4.78, 5) is 12.1. The quantitative estimate of drug-likeness (QED) is 0.551. The molecule has 9 nitrogen and oxygen atoms in total. The summed E-state index contributed by atoms with van der Waals surface area (Å²) in [6.45, 7) is 0.804. The number of methoxy groups -OCH3 is 1. The Morgan fingerprint density at radius 3 is 2.73 bits per heavy atom. The second kappa shape index (κ2) is 9.50. The van der Waals surface area contributed by atoms with Gasteiger partial charge in [-0.1, -0.05) is 18.1 Å². The minimum Gasteiger partial charge on any atom is -0.390 e. The molecule has 2 saturated carbocycles. The summed E-state index contributed by atoms with van der Waals surface area (Å²) in [5, 5.41) is 34.3. The second-order valence-corrected chi connectivity index (χ2v) is 7.05. The van der Waals surface area contributed by atoms with Gasteiger partial charge in [-0.15, -0.1) is 17.5 Å². The third-order valence-electron chi connectivity index (χ3n) is 5.11. The Bertz CT molecular complexity index is 581. The first-order valence-corrected chi connectivity index (χ1v) is 8.88. The number of aromatic nitrogens is 3. The van der Waals surface area contributed by atoms with Gasteiger partial charge in [0.15, 0.2) is 0 Å². The minimum atomic E-state index is -0.985. The molecular formula is C16H28ClN5O4. The number of halogens is 1. The van der Waals surface area contributed by atoms with Gasteiger partial charge in [-0.05, 0) is 19.3 Å². The number of rotatable bonds is 6. The Labute approximate surface area is 158 Å². The Morgan fingerprint density at radius 2 is 2.04 bits per heavy atom. The molecule has 0 spiro atoms. The van der Waals surface area contributed by atoms with E-state index in [1.165, 1.54) is 0 Å². The number of carbonyl (C=O) groups excluding carboxylic acids is 1. The van der Waals surface area contributed by atoms with E-state index in [9.17, 15) is 15.0 Å². The largest absolute Gasteiger partial charge is 0.390 e. The van der Waals surface area contributed by atoms with Gasteiger partial charge in [0.05, 0.1) is 24.9 Å². The number of nitrogens with one attached hydrogen (secondary N) is 2. The van der Waals surface area contributed by atoms with Crippen LogP contribution in [0.3, 0.4) is 0 Å². The third-order valence-corrected chi connectivity index (χ3v) is 5.11. The van der Waals surface area contributed by atoms with Crippen LogP contribution in [0, 0.1) is 5.92 Å².